The molecule has 1 atom stereocenters. The number of rotatable bonds is 3. The number of nitrogens with one attached hydrogen (secondary N) is 1. The normalized spacial score (nSPS) is 28.4. The van der Waals surface area contributed by atoms with Gasteiger partial charge >= 0.3 is 0 Å². The van der Waals surface area contributed by atoms with Gasteiger partial charge in [-0.25, -0.2) is 0 Å². The second kappa shape index (κ2) is 3.69. The van der Waals surface area contributed by atoms with E-state index in [0.717, 1.165) is 12.8 Å². The molecule has 14 heavy (non-hydrogen) atoms. The van der Waals surface area contributed by atoms with Crippen LogP contribution in [0.5, 0.6) is 0 Å². The summed E-state index contributed by atoms with van der Waals surface area (Å²) < 4.78 is 0. The highest BCUT2D eigenvalue weighted by Gasteiger charge is 2.38. The maximum absolute atomic E-state index is 11.7. The number of carbonyl (C=O) groups excluding carboxylic acids is 2. The van der Waals surface area contributed by atoms with Gasteiger partial charge in [-0.15, -0.1) is 0 Å². The van der Waals surface area contributed by atoms with Crippen LogP contribution in [0, 0.1) is 0 Å². The van der Waals surface area contributed by atoms with Crippen LogP contribution in [0.1, 0.15) is 32.6 Å². The van der Waals surface area contributed by atoms with Gasteiger partial charge in [0.2, 0.25) is 11.8 Å². The van der Waals surface area contributed by atoms with Crippen molar-refractivity contribution in [3.05, 3.63) is 0 Å². The van der Waals surface area contributed by atoms with Crippen molar-refractivity contribution in [1.82, 2.24) is 10.2 Å². The lowest BCUT2D eigenvalue weighted by Gasteiger charge is -2.28. The maximum atomic E-state index is 11.7. The van der Waals surface area contributed by atoms with Gasteiger partial charge in [-0.05, 0) is 19.8 Å². The summed E-state index contributed by atoms with van der Waals surface area (Å²) in [6, 6.07) is 0.223. The first-order chi connectivity index (χ1) is 6.72. The standard InChI is InChI=1S/C10H16N2O2/c1-2-12-9(13)6-8(10(12)14)11-7-4-3-5-7/h7-8,11H,2-6H2,1H3. The van der Waals surface area contributed by atoms with Gasteiger partial charge in [0, 0.05) is 12.6 Å². The van der Waals surface area contributed by atoms with Crippen LogP contribution in [0.3, 0.4) is 0 Å². The summed E-state index contributed by atoms with van der Waals surface area (Å²) in [5.41, 5.74) is 0. The summed E-state index contributed by atoms with van der Waals surface area (Å²) in [7, 11) is 0. The molecular formula is C10H16N2O2. The van der Waals surface area contributed by atoms with Crippen LogP contribution in [-0.4, -0.2) is 35.3 Å². The minimum Gasteiger partial charge on any atom is -0.303 e. The Morgan fingerprint density at radius 2 is 2.14 bits per heavy atom. The van der Waals surface area contributed by atoms with E-state index in [1.165, 1.54) is 11.3 Å². The molecule has 0 radical (unpaired) electrons. The van der Waals surface area contributed by atoms with E-state index < -0.39 is 0 Å². The van der Waals surface area contributed by atoms with Gasteiger partial charge in [0.05, 0.1) is 12.5 Å². The third-order valence-corrected chi connectivity index (χ3v) is 3.10. The zero-order valence-electron chi connectivity index (χ0n) is 8.45. The number of likely N-dealkylation sites (N-methyl/N-ethyl adjacent to an activating group) is 1. The summed E-state index contributed by atoms with van der Waals surface area (Å²) in [4.78, 5) is 24.4. The average Bonchev–Trinajstić information content (AvgIpc) is 2.35. The Morgan fingerprint density at radius 1 is 1.43 bits per heavy atom. The van der Waals surface area contributed by atoms with E-state index in [0.29, 0.717) is 19.0 Å². The highest BCUT2D eigenvalue weighted by atomic mass is 16.2. The quantitative estimate of drug-likeness (QED) is 0.659. The Kier molecular flexibility index (Phi) is 2.54. The Hall–Kier alpha value is -0.900. The van der Waals surface area contributed by atoms with Crippen LogP contribution in [0.2, 0.25) is 0 Å². The number of hydrogen-bond donors (Lipinski definition) is 1. The minimum atomic E-state index is -0.243. The molecule has 0 aromatic heterocycles. The molecule has 1 unspecified atom stereocenters. The Labute approximate surface area is 83.6 Å². The number of hydrogen-bond acceptors (Lipinski definition) is 3. The lowest BCUT2D eigenvalue weighted by Crippen LogP contribution is -2.46. The minimum absolute atomic E-state index is 0.0330. The highest BCUT2D eigenvalue weighted by Crippen LogP contribution is 2.21. The maximum Gasteiger partial charge on any atom is 0.246 e. The second-order valence-electron chi connectivity index (χ2n) is 4.03. The van der Waals surface area contributed by atoms with Crippen LogP contribution in [-0.2, 0) is 9.59 Å². The first-order valence-corrected chi connectivity index (χ1v) is 5.32. The fourth-order valence-corrected chi connectivity index (χ4v) is 2.00. The predicted molar refractivity (Wildman–Crippen MR) is 51.6 cm³/mol. The van der Waals surface area contributed by atoms with Gasteiger partial charge in [0.25, 0.3) is 0 Å². The molecular weight excluding hydrogens is 180 g/mol. The van der Waals surface area contributed by atoms with E-state index >= 15 is 0 Å². The summed E-state index contributed by atoms with van der Waals surface area (Å²) in [6.07, 6.45) is 3.88. The van der Waals surface area contributed by atoms with Crippen molar-refractivity contribution in [1.29, 1.82) is 0 Å². The monoisotopic (exact) mass is 196 g/mol. The Bertz CT molecular complexity index is 261. The highest BCUT2D eigenvalue weighted by molar-refractivity contribution is 6.05. The lowest BCUT2D eigenvalue weighted by atomic mass is 9.92. The topological polar surface area (TPSA) is 49.4 Å². The number of amides is 2. The van der Waals surface area contributed by atoms with Crippen molar-refractivity contribution >= 4 is 11.8 Å². The van der Waals surface area contributed by atoms with Gasteiger partial charge in [0.15, 0.2) is 0 Å². The van der Waals surface area contributed by atoms with Crippen LogP contribution >= 0.6 is 0 Å². The summed E-state index contributed by atoms with van der Waals surface area (Å²) in [5.74, 6) is -0.0706. The second-order valence-corrected chi connectivity index (χ2v) is 4.03. The average molecular weight is 196 g/mol. The molecule has 4 heteroatoms. The molecule has 0 aromatic carbocycles. The molecule has 0 aromatic rings. The predicted octanol–water partition coefficient (Wildman–Crippen LogP) is 0.276. The first kappa shape index (κ1) is 9.65. The molecule has 0 spiro atoms. The van der Waals surface area contributed by atoms with Crippen LogP contribution in [0.25, 0.3) is 0 Å². The molecule has 1 aliphatic heterocycles. The number of likely N-dealkylation sites (tertiary alicyclic amines) is 1. The number of imide groups is 1. The molecule has 1 heterocycles. The molecule has 2 amide bonds. The molecule has 1 saturated heterocycles. The largest absolute Gasteiger partial charge is 0.303 e. The molecule has 1 saturated carbocycles. The SMILES string of the molecule is CCN1C(=O)CC(NC2CCC2)C1=O. The van der Waals surface area contributed by atoms with Crippen molar-refractivity contribution in [2.75, 3.05) is 6.54 Å². The van der Waals surface area contributed by atoms with Gasteiger partial charge in [-0.2, -0.15) is 0 Å². The fourth-order valence-electron chi connectivity index (χ4n) is 2.00. The summed E-state index contributed by atoms with van der Waals surface area (Å²) >= 11 is 0. The van der Waals surface area contributed by atoms with Gasteiger partial charge < -0.3 is 5.32 Å². The first-order valence-electron chi connectivity index (χ1n) is 5.32. The molecule has 4 nitrogen and oxygen atoms in total. The van der Waals surface area contributed by atoms with E-state index in [4.69, 9.17) is 0 Å². The molecule has 0 bridgehead atoms. The van der Waals surface area contributed by atoms with E-state index in [2.05, 4.69) is 5.32 Å². The van der Waals surface area contributed by atoms with E-state index in [1.807, 2.05) is 6.92 Å². The summed E-state index contributed by atoms with van der Waals surface area (Å²) in [6.45, 7) is 2.34. The van der Waals surface area contributed by atoms with E-state index in [9.17, 15) is 9.59 Å². The van der Waals surface area contributed by atoms with Crippen molar-refractivity contribution in [3.63, 3.8) is 0 Å². The lowest BCUT2D eigenvalue weighted by molar-refractivity contribution is -0.138. The molecule has 1 aliphatic carbocycles. The van der Waals surface area contributed by atoms with Gasteiger partial charge in [-0.1, -0.05) is 6.42 Å². The summed E-state index contributed by atoms with van der Waals surface area (Å²) in [5, 5.41) is 3.25. The molecule has 78 valence electrons. The third-order valence-electron chi connectivity index (χ3n) is 3.10. The van der Waals surface area contributed by atoms with Crippen LogP contribution in [0.4, 0.5) is 0 Å². The number of carbonyl (C=O) groups is 2. The fraction of sp³-hybridized carbons (Fsp3) is 0.800. The molecule has 2 fully saturated rings. The van der Waals surface area contributed by atoms with Crippen LogP contribution < -0.4 is 5.32 Å². The van der Waals surface area contributed by atoms with Crippen LogP contribution in [0.15, 0.2) is 0 Å². The smallest absolute Gasteiger partial charge is 0.246 e. The van der Waals surface area contributed by atoms with Gasteiger partial charge in [-0.3, -0.25) is 14.5 Å². The van der Waals surface area contributed by atoms with Crippen molar-refractivity contribution < 1.29 is 9.59 Å². The zero-order chi connectivity index (χ0) is 10.1. The van der Waals surface area contributed by atoms with E-state index in [1.54, 1.807) is 0 Å². The van der Waals surface area contributed by atoms with Crippen molar-refractivity contribution in [3.8, 4) is 0 Å². The van der Waals surface area contributed by atoms with Crippen molar-refractivity contribution in [2.45, 2.75) is 44.7 Å². The Morgan fingerprint density at radius 3 is 2.57 bits per heavy atom. The molecule has 2 rings (SSSR count). The third kappa shape index (κ3) is 1.54. The van der Waals surface area contributed by atoms with Gasteiger partial charge in [0.1, 0.15) is 0 Å². The van der Waals surface area contributed by atoms with Crippen molar-refractivity contribution in [2.24, 2.45) is 0 Å². The van der Waals surface area contributed by atoms with E-state index in [-0.39, 0.29) is 17.9 Å². The molecule has 2 aliphatic rings. The number of nitrogens with zero attached hydrogens (tertiary/aromatic N) is 1. The Balaban J connectivity index is 1.93. The zero-order valence-corrected chi connectivity index (χ0v) is 8.45. The molecule has 1 N–H and O–H groups in total.